The second kappa shape index (κ2) is 8.26. The van der Waals surface area contributed by atoms with Gasteiger partial charge in [-0.05, 0) is 44.2 Å². The summed E-state index contributed by atoms with van der Waals surface area (Å²) in [5.41, 5.74) is -0.940. The van der Waals surface area contributed by atoms with Crippen molar-refractivity contribution in [2.24, 2.45) is 0 Å². The van der Waals surface area contributed by atoms with E-state index in [2.05, 4.69) is 10.4 Å². The van der Waals surface area contributed by atoms with Gasteiger partial charge in [-0.25, -0.2) is 4.68 Å². The second-order valence-corrected chi connectivity index (χ2v) is 7.69. The number of ether oxygens (including phenoxy) is 3. The number of benzene rings is 2. The van der Waals surface area contributed by atoms with Crippen LogP contribution in [0.5, 0.6) is 17.2 Å². The minimum atomic E-state index is -1.45. The van der Waals surface area contributed by atoms with Gasteiger partial charge in [0.15, 0.2) is 11.5 Å². The molecule has 1 aliphatic rings. The lowest BCUT2D eigenvalue weighted by Crippen LogP contribution is -2.47. The molecule has 11 heteroatoms. The lowest BCUT2D eigenvalue weighted by molar-refractivity contribution is -0.384. The molecular formula is C22H20N4O7. The summed E-state index contributed by atoms with van der Waals surface area (Å²) in [4.78, 5) is 36.3. The first-order valence-electron chi connectivity index (χ1n) is 9.85. The molecule has 0 saturated carbocycles. The van der Waals surface area contributed by atoms with E-state index >= 15 is 0 Å². The summed E-state index contributed by atoms with van der Waals surface area (Å²) in [5, 5.41) is 18.1. The number of nitrogens with zero attached hydrogens (tertiary/aromatic N) is 3. The maximum absolute atomic E-state index is 13.2. The van der Waals surface area contributed by atoms with Gasteiger partial charge in [-0.3, -0.25) is 19.7 Å². The number of anilines is 1. The highest BCUT2D eigenvalue weighted by atomic mass is 16.7. The minimum Gasteiger partial charge on any atom is -0.495 e. The SMILES string of the molecule is COc1ccc([N+](=O)[O-])cc1NC(=O)C(C)(C)n1nc(-c2ccc3c(c2)OCO3)ccc1=O. The molecule has 0 fully saturated rings. The van der Waals surface area contributed by atoms with E-state index in [1.165, 1.54) is 45.2 Å². The summed E-state index contributed by atoms with van der Waals surface area (Å²) in [5.74, 6) is 0.789. The van der Waals surface area contributed by atoms with E-state index in [-0.39, 0.29) is 23.9 Å². The van der Waals surface area contributed by atoms with Crippen LogP contribution in [0, 0.1) is 10.1 Å². The van der Waals surface area contributed by atoms with E-state index < -0.39 is 21.9 Å². The number of rotatable bonds is 6. The number of aromatic nitrogens is 2. The van der Waals surface area contributed by atoms with Crippen molar-refractivity contribution in [3.8, 4) is 28.5 Å². The lowest BCUT2D eigenvalue weighted by Gasteiger charge is -2.25. The van der Waals surface area contributed by atoms with Gasteiger partial charge in [-0.2, -0.15) is 5.10 Å². The molecule has 0 bridgehead atoms. The number of fused-ring (bicyclic) bond motifs is 1. The zero-order valence-corrected chi connectivity index (χ0v) is 18.0. The Hall–Kier alpha value is -4.41. The molecule has 0 saturated heterocycles. The Labute approximate surface area is 187 Å². The summed E-state index contributed by atoms with van der Waals surface area (Å²) in [6.07, 6.45) is 0. The highest BCUT2D eigenvalue weighted by Crippen LogP contribution is 2.35. The van der Waals surface area contributed by atoms with Crippen LogP contribution < -0.4 is 25.1 Å². The molecule has 0 unspecified atom stereocenters. The van der Waals surface area contributed by atoms with Crippen LogP contribution in [-0.2, 0) is 10.3 Å². The fourth-order valence-corrected chi connectivity index (χ4v) is 3.30. The van der Waals surface area contributed by atoms with Gasteiger partial charge >= 0.3 is 0 Å². The summed E-state index contributed by atoms with van der Waals surface area (Å²) in [6.45, 7) is 3.16. The molecule has 0 spiro atoms. The van der Waals surface area contributed by atoms with Crippen LogP contribution in [0.3, 0.4) is 0 Å². The number of amides is 1. The molecule has 3 aromatic rings. The van der Waals surface area contributed by atoms with Crippen molar-refractivity contribution < 1.29 is 23.9 Å². The third kappa shape index (κ3) is 4.07. The number of nitrogens with one attached hydrogen (secondary N) is 1. The molecule has 2 heterocycles. The first-order chi connectivity index (χ1) is 15.7. The number of nitro benzene ring substituents is 1. The van der Waals surface area contributed by atoms with Gasteiger partial charge in [0.2, 0.25) is 6.79 Å². The van der Waals surface area contributed by atoms with Crippen LogP contribution in [0.1, 0.15) is 13.8 Å². The molecule has 1 aromatic heterocycles. The molecule has 1 amide bonds. The molecule has 1 aliphatic heterocycles. The summed E-state index contributed by atoms with van der Waals surface area (Å²) >= 11 is 0. The lowest BCUT2D eigenvalue weighted by atomic mass is 10.0. The largest absolute Gasteiger partial charge is 0.495 e. The number of nitro groups is 1. The average molecular weight is 452 g/mol. The van der Waals surface area contributed by atoms with Gasteiger partial charge in [0.05, 0.1) is 23.4 Å². The monoisotopic (exact) mass is 452 g/mol. The molecule has 1 N–H and O–H groups in total. The van der Waals surface area contributed by atoms with Crippen molar-refractivity contribution in [2.75, 3.05) is 19.2 Å². The number of methoxy groups -OCH3 is 1. The summed E-state index contributed by atoms with van der Waals surface area (Å²) in [7, 11) is 1.38. The fourth-order valence-electron chi connectivity index (χ4n) is 3.30. The highest BCUT2D eigenvalue weighted by molar-refractivity contribution is 5.97. The molecule has 4 rings (SSSR count). The Balaban J connectivity index is 1.68. The standard InChI is InChI=1S/C22H20N4O7/c1-22(2,21(28)23-16-11-14(26(29)30)5-8-17(16)31-3)25-20(27)9-6-15(24-25)13-4-7-18-19(10-13)33-12-32-18/h4-11H,12H2,1-3H3,(H,23,28). The van der Waals surface area contributed by atoms with Crippen molar-refractivity contribution in [3.05, 3.63) is 69.0 Å². The summed E-state index contributed by atoms with van der Waals surface area (Å²) in [6, 6.07) is 11.9. The van der Waals surface area contributed by atoms with Crippen LogP contribution in [-0.4, -0.2) is 34.5 Å². The number of hydrogen-bond acceptors (Lipinski definition) is 8. The zero-order chi connectivity index (χ0) is 23.8. The average Bonchev–Trinajstić information content (AvgIpc) is 3.27. The Kier molecular flexibility index (Phi) is 5.46. The quantitative estimate of drug-likeness (QED) is 0.446. The molecule has 0 aliphatic carbocycles. The zero-order valence-electron chi connectivity index (χ0n) is 18.0. The predicted octanol–water partition coefficient (Wildman–Crippen LogP) is 2.93. The first kappa shape index (κ1) is 21.8. The van der Waals surface area contributed by atoms with Crippen molar-refractivity contribution in [3.63, 3.8) is 0 Å². The number of non-ortho nitro benzene ring substituents is 1. The maximum Gasteiger partial charge on any atom is 0.271 e. The van der Waals surface area contributed by atoms with E-state index in [1.807, 2.05) is 0 Å². The van der Waals surface area contributed by atoms with Crippen LogP contribution in [0.25, 0.3) is 11.3 Å². The molecule has 33 heavy (non-hydrogen) atoms. The van der Waals surface area contributed by atoms with Crippen molar-refractivity contribution >= 4 is 17.3 Å². The summed E-state index contributed by atoms with van der Waals surface area (Å²) < 4.78 is 17.0. The van der Waals surface area contributed by atoms with Crippen molar-refractivity contribution in [1.82, 2.24) is 9.78 Å². The Morgan fingerprint density at radius 3 is 2.64 bits per heavy atom. The fraction of sp³-hybridized carbons (Fsp3) is 0.227. The van der Waals surface area contributed by atoms with E-state index in [4.69, 9.17) is 14.2 Å². The van der Waals surface area contributed by atoms with Gasteiger partial charge in [-0.15, -0.1) is 0 Å². The maximum atomic E-state index is 13.2. The van der Waals surface area contributed by atoms with Gasteiger partial charge in [0, 0.05) is 23.8 Å². The number of hydrogen-bond donors (Lipinski definition) is 1. The molecule has 0 radical (unpaired) electrons. The minimum absolute atomic E-state index is 0.102. The van der Waals surface area contributed by atoms with Crippen molar-refractivity contribution in [1.29, 1.82) is 0 Å². The van der Waals surface area contributed by atoms with Crippen LogP contribution in [0.15, 0.2) is 53.3 Å². The molecule has 170 valence electrons. The van der Waals surface area contributed by atoms with E-state index in [0.29, 0.717) is 22.8 Å². The molecule has 0 atom stereocenters. The van der Waals surface area contributed by atoms with Crippen LogP contribution in [0.2, 0.25) is 0 Å². The van der Waals surface area contributed by atoms with Gasteiger partial charge < -0.3 is 19.5 Å². The molecular weight excluding hydrogens is 432 g/mol. The number of carbonyl (C=O) groups is 1. The Morgan fingerprint density at radius 2 is 1.91 bits per heavy atom. The van der Waals surface area contributed by atoms with Crippen molar-refractivity contribution in [2.45, 2.75) is 19.4 Å². The molecule has 11 nitrogen and oxygen atoms in total. The Morgan fingerprint density at radius 1 is 1.15 bits per heavy atom. The second-order valence-electron chi connectivity index (χ2n) is 7.69. The predicted molar refractivity (Wildman–Crippen MR) is 118 cm³/mol. The first-order valence-corrected chi connectivity index (χ1v) is 9.85. The smallest absolute Gasteiger partial charge is 0.271 e. The van der Waals surface area contributed by atoms with E-state index in [0.717, 1.165) is 4.68 Å². The normalized spacial score (nSPS) is 12.3. The van der Waals surface area contributed by atoms with Gasteiger partial charge in [-0.1, -0.05) is 0 Å². The highest BCUT2D eigenvalue weighted by Gasteiger charge is 2.33. The van der Waals surface area contributed by atoms with E-state index in [9.17, 15) is 19.7 Å². The van der Waals surface area contributed by atoms with Crippen LogP contribution >= 0.6 is 0 Å². The molecule has 2 aromatic carbocycles. The number of carbonyl (C=O) groups excluding carboxylic acids is 1. The topological polar surface area (TPSA) is 135 Å². The Bertz CT molecular complexity index is 1320. The third-order valence-corrected chi connectivity index (χ3v) is 5.20. The third-order valence-electron chi connectivity index (χ3n) is 5.20. The van der Waals surface area contributed by atoms with Crippen LogP contribution in [0.4, 0.5) is 11.4 Å². The van der Waals surface area contributed by atoms with Gasteiger partial charge in [0.25, 0.3) is 17.2 Å². The van der Waals surface area contributed by atoms with Gasteiger partial charge in [0.1, 0.15) is 11.3 Å². The van der Waals surface area contributed by atoms with E-state index in [1.54, 1.807) is 24.3 Å².